The predicted molar refractivity (Wildman–Crippen MR) is 74.6 cm³/mol. The third kappa shape index (κ3) is 1.90. The minimum Gasteiger partial charge on any atom is -0.339 e. The van der Waals surface area contributed by atoms with Crippen LogP contribution < -0.4 is 0 Å². The van der Waals surface area contributed by atoms with Crippen molar-refractivity contribution in [3.63, 3.8) is 0 Å². The molecule has 0 unspecified atom stereocenters. The van der Waals surface area contributed by atoms with Crippen LogP contribution in [0.4, 0.5) is 0 Å². The molecule has 0 N–H and O–H groups in total. The van der Waals surface area contributed by atoms with Crippen molar-refractivity contribution in [1.82, 2.24) is 19.7 Å². The van der Waals surface area contributed by atoms with Gasteiger partial charge in [0.1, 0.15) is 0 Å². The lowest BCUT2D eigenvalue weighted by Gasteiger charge is -2.03. The van der Waals surface area contributed by atoms with Crippen LogP contribution in [0.5, 0.6) is 0 Å². The van der Waals surface area contributed by atoms with Gasteiger partial charge in [0.15, 0.2) is 5.82 Å². The number of nitrogens with zero attached hydrogens (tertiary/aromatic N) is 4. The average Bonchev–Trinajstić information content (AvgIpc) is 3.07. The molecule has 0 spiro atoms. The fraction of sp³-hybridized carbons (Fsp3) is 0.400. The Labute approximate surface area is 116 Å². The van der Waals surface area contributed by atoms with E-state index < -0.39 is 0 Å². The zero-order chi connectivity index (χ0) is 13.7. The Morgan fingerprint density at radius 1 is 1.25 bits per heavy atom. The van der Waals surface area contributed by atoms with E-state index in [2.05, 4.69) is 45.7 Å². The summed E-state index contributed by atoms with van der Waals surface area (Å²) in [5.74, 6) is 2.02. The van der Waals surface area contributed by atoms with Crippen LogP contribution in [-0.4, -0.2) is 19.7 Å². The normalized spacial score (nSPS) is 15.1. The molecule has 20 heavy (non-hydrogen) atoms. The van der Waals surface area contributed by atoms with Crippen molar-refractivity contribution in [3.05, 3.63) is 41.3 Å². The second kappa shape index (κ2) is 4.16. The third-order valence-corrected chi connectivity index (χ3v) is 3.96. The fourth-order valence-corrected chi connectivity index (χ4v) is 2.42. The lowest BCUT2D eigenvalue weighted by molar-refractivity contribution is 0.373. The Balaban J connectivity index is 1.68. The number of hydrogen-bond donors (Lipinski definition) is 0. The van der Waals surface area contributed by atoms with Gasteiger partial charge in [-0.1, -0.05) is 5.16 Å². The second-order valence-corrected chi connectivity index (χ2v) is 5.62. The largest absolute Gasteiger partial charge is 0.339 e. The van der Waals surface area contributed by atoms with Gasteiger partial charge in [-0.25, -0.2) is 4.98 Å². The molecule has 0 atom stereocenters. The van der Waals surface area contributed by atoms with Gasteiger partial charge >= 0.3 is 0 Å². The monoisotopic (exact) mass is 268 g/mol. The Kier molecular flexibility index (Phi) is 2.42. The third-order valence-electron chi connectivity index (χ3n) is 3.96. The first kappa shape index (κ1) is 11.6. The van der Waals surface area contributed by atoms with Crippen LogP contribution in [0.1, 0.15) is 41.6 Å². The molecule has 2 heterocycles. The molecule has 0 radical (unpaired) electrons. The Hall–Kier alpha value is -2.17. The molecule has 5 nitrogen and oxygen atoms in total. The fourth-order valence-electron chi connectivity index (χ4n) is 2.42. The maximum atomic E-state index is 5.30. The Morgan fingerprint density at radius 2 is 2.05 bits per heavy atom. The van der Waals surface area contributed by atoms with Gasteiger partial charge in [0, 0.05) is 5.92 Å². The molecule has 0 amide bonds. The summed E-state index contributed by atoms with van der Waals surface area (Å²) in [4.78, 5) is 8.92. The summed E-state index contributed by atoms with van der Waals surface area (Å²) in [7, 11) is 0. The molecule has 1 aliphatic carbocycles. The van der Waals surface area contributed by atoms with Crippen molar-refractivity contribution in [2.45, 2.75) is 39.2 Å². The highest BCUT2D eigenvalue weighted by Gasteiger charge is 2.29. The molecule has 2 aromatic heterocycles. The van der Waals surface area contributed by atoms with E-state index in [0.29, 0.717) is 12.5 Å². The molecule has 1 aromatic carbocycles. The highest BCUT2D eigenvalue weighted by molar-refractivity contribution is 5.77. The maximum absolute atomic E-state index is 5.30. The zero-order valence-electron chi connectivity index (χ0n) is 11.6. The van der Waals surface area contributed by atoms with E-state index in [1.54, 1.807) is 0 Å². The van der Waals surface area contributed by atoms with Crippen LogP contribution in [0.15, 0.2) is 23.0 Å². The first-order chi connectivity index (χ1) is 9.70. The van der Waals surface area contributed by atoms with E-state index in [1.807, 2.05) is 6.33 Å². The number of aryl methyl sites for hydroxylation is 2. The van der Waals surface area contributed by atoms with Crippen LogP contribution in [0.25, 0.3) is 11.0 Å². The van der Waals surface area contributed by atoms with Crippen LogP contribution in [0.2, 0.25) is 0 Å². The lowest BCUT2D eigenvalue weighted by Crippen LogP contribution is -2.00. The molecule has 0 bridgehead atoms. The van der Waals surface area contributed by atoms with Gasteiger partial charge in [-0.3, -0.25) is 0 Å². The second-order valence-electron chi connectivity index (χ2n) is 5.62. The molecule has 1 saturated carbocycles. The highest BCUT2D eigenvalue weighted by atomic mass is 16.5. The number of fused-ring (bicyclic) bond motifs is 1. The summed E-state index contributed by atoms with van der Waals surface area (Å²) in [5.41, 5.74) is 4.66. The SMILES string of the molecule is Cc1cc2ncn(Cc3noc(C4CC4)n3)c2cc1C. The molecule has 5 heteroatoms. The van der Waals surface area contributed by atoms with Gasteiger partial charge in [0.25, 0.3) is 0 Å². The summed E-state index contributed by atoms with van der Waals surface area (Å²) >= 11 is 0. The van der Waals surface area contributed by atoms with Gasteiger partial charge in [0.05, 0.1) is 23.9 Å². The topological polar surface area (TPSA) is 56.7 Å². The van der Waals surface area contributed by atoms with Crippen molar-refractivity contribution < 1.29 is 4.52 Å². The van der Waals surface area contributed by atoms with Crippen LogP contribution >= 0.6 is 0 Å². The molecular formula is C15H16N4O. The van der Waals surface area contributed by atoms with E-state index in [0.717, 1.165) is 22.7 Å². The van der Waals surface area contributed by atoms with Crippen molar-refractivity contribution in [2.24, 2.45) is 0 Å². The highest BCUT2D eigenvalue weighted by Crippen LogP contribution is 2.38. The van der Waals surface area contributed by atoms with Crippen molar-refractivity contribution in [3.8, 4) is 0 Å². The van der Waals surface area contributed by atoms with Crippen molar-refractivity contribution in [2.75, 3.05) is 0 Å². The minimum atomic E-state index is 0.501. The number of benzene rings is 1. The van der Waals surface area contributed by atoms with Crippen molar-refractivity contribution >= 4 is 11.0 Å². The van der Waals surface area contributed by atoms with Crippen LogP contribution in [-0.2, 0) is 6.54 Å². The summed E-state index contributed by atoms with van der Waals surface area (Å²) in [5, 5.41) is 4.06. The predicted octanol–water partition coefficient (Wildman–Crippen LogP) is 2.96. The van der Waals surface area contributed by atoms with E-state index in [1.165, 1.54) is 24.0 Å². The van der Waals surface area contributed by atoms with Crippen LogP contribution in [0, 0.1) is 13.8 Å². The lowest BCUT2D eigenvalue weighted by atomic mass is 10.1. The van der Waals surface area contributed by atoms with Gasteiger partial charge in [-0.2, -0.15) is 4.98 Å². The van der Waals surface area contributed by atoms with E-state index in [-0.39, 0.29) is 0 Å². The Bertz CT molecular complexity index is 782. The van der Waals surface area contributed by atoms with Gasteiger partial charge < -0.3 is 9.09 Å². The van der Waals surface area contributed by atoms with E-state index in [4.69, 9.17) is 4.52 Å². The molecule has 102 valence electrons. The van der Waals surface area contributed by atoms with Gasteiger partial charge in [0.2, 0.25) is 5.89 Å². The summed E-state index contributed by atoms with van der Waals surface area (Å²) in [6.07, 6.45) is 4.19. The minimum absolute atomic E-state index is 0.501. The van der Waals surface area contributed by atoms with E-state index >= 15 is 0 Å². The zero-order valence-corrected chi connectivity index (χ0v) is 11.6. The van der Waals surface area contributed by atoms with Crippen LogP contribution in [0.3, 0.4) is 0 Å². The first-order valence-electron chi connectivity index (χ1n) is 6.95. The first-order valence-corrected chi connectivity index (χ1v) is 6.95. The van der Waals surface area contributed by atoms with Crippen molar-refractivity contribution in [1.29, 1.82) is 0 Å². The molecule has 1 fully saturated rings. The number of imidazole rings is 1. The smallest absolute Gasteiger partial charge is 0.229 e. The Morgan fingerprint density at radius 3 is 2.85 bits per heavy atom. The van der Waals surface area contributed by atoms with Gasteiger partial charge in [-0.05, 0) is 49.9 Å². The molecule has 3 aromatic rings. The maximum Gasteiger partial charge on any atom is 0.229 e. The van der Waals surface area contributed by atoms with Gasteiger partial charge in [-0.15, -0.1) is 0 Å². The standard InChI is InChI=1S/C15H16N4O/c1-9-5-12-13(6-10(9)2)19(8-16-12)7-14-17-15(20-18-14)11-3-4-11/h5-6,8,11H,3-4,7H2,1-2H3. The molecular weight excluding hydrogens is 252 g/mol. The summed E-state index contributed by atoms with van der Waals surface area (Å²) in [6.45, 7) is 4.83. The molecule has 4 rings (SSSR count). The quantitative estimate of drug-likeness (QED) is 0.732. The number of aromatic nitrogens is 4. The summed E-state index contributed by atoms with van der Waals surface area (Å²) in [6, 6.07) is 4.28. The average molecular weight is 268 g/mol. The molecule has 1 aliphatic rings. The molecule has 0 saturated heterocycles. The van der Waals surface area contributed by atoms with E-state index in [9.17, 15) is 0 Å². The number of rotatable bonds is 3. The number of hydrogen-bond acceptors (Lipinski definition) is 4. The summed E-state index contributed by atoms with van der Waals surface area (Å²) < 4.78 is 7.37. The molecule has 0 aliphatic heterocycles.